The Morgan fingerprint density at radius 3 is 2.55 bits per heavy atom. The molecule has 1 aromatic carbocycles. The summed E-state index contributed by atoms with van der Waals surface area (Å²) in [5.74, 6) is -9.40. The van der Waals surface area contributed by atoms with Crippen molar-refractivity contribution in [2.75, 3.05) is 20.2 Å². The minimum absolute atomic E-state index is 0.0317. The summed E-state index contributed by atoms with van der Waals surface area (Å²) in [7, 11) is -2.81. The molecule has 7 rings (SSSR count). The van der Waals surface area contributed by atoms with Crippen molar-refractivity contribution in [1.29, 1.82) is 0 Å². The molecule has 7 atom stereocenters. The highest BCUT2D eigenvalue weighted by atomic mass is 32.2. The first-order valence-corrected chi connectivity index (χ1v) is 21.0. The van der Waals surface area contributed by atoms with Crippen LogP contribution in [0, 0.1) is 23.2 Å². The molecule has 1 aromatic heterocycles. The van der Waals surface area contributed by atoms with E-state index >= 15 is 8.78 Å². The maximum absolute atomic E-state index is 16.2. The number of amides is 4. The van der Waals surface area contributed by atoms with Crippen LogP contribution in [0.15, 0.2) is 23.2 Å². The molecule has 3 saturated carbocycles. The fourth-order valence-corrected chi connectivity index (χ4v) is 9.28. The largest absolute Gasteiger partial charge is 0.497 e. The zero-order valence-corrected chi connectivity index (χ0v) is 33.0. The number of carbonyl (C=O) groups excluding carboxylic acids is 4. The number of rotatable bonds is 9. The standard InChI is InChI=1S/C38H46F4N6O9S/c1-4-7-22-27-18-48(29(22)32(50)44-19-37(16-23(37)31(39)40)34(51)47-58(53,54)36(2)12-13-36)28(49)17-43-35(52)57-26-14-20(26)8-5-6-11-38(41,42)30-33(56-27)46-25-15-21(55-3)9-10-24(25)45-30/h9-10,15,19-20,22-23,26-27,29,31H,4-8,11-14,16-18H2,1-3H3,(H,43,52)(H,47,51)/t20-,22-,23+,26-,27+,29+,37-/m1/s1. The molecular weight excluding hydrogens is 793 g/mol. The quantitative estimate of drug-likeness (QED) is 0.263. The van der Waals surface area contributed by atoms with E-state index in [1.807, 2.05) is 4.72 Å². The summed E-state index contributed by atoms with van der Waals surface area (Å²) in [6.45, 7) is 2.18. The van der Waals surface area contributed by atoms with E-state index in [9.17, 15) is 36.4 Å². The van der Waals surface area contributed by atoms with Crippen molar-refractivity contribution in [2.45, 2.75) is 113 Å². The number of aromatic nitrogens is 2. The van der Waals surface area contributed by atoms with Crippen LogP contribution in [0.2, 0.25) is 0 Å². The zero-order valence-electron chi connectivity index (χ0n) is 32.2. The summed E-state index contributed by atoms with van der Waals surface area (Å²) in [5.41, 5.74) is -2.55. The van der Waals surface area contributed by atoms with Crippen LogP contribution in [-0.2, 0) is 35.1 Å². The van der Waals surface area contributed by atoms with E-state index in [1.165, 1.54) is 26.2 Å². The fraction of sp³-hybridized carbons (Fsp3) is 0.658. The van der Waals surface area contributed by atoms with Gasteiger partial charge >= 0.3 is 6.09 Å². The third-order valence-electron chi connectivity index (χ3n) is 12.1. The summed E-state index contributed by atoms with van der Waals surface area (Å²) in [6, 6.07) is 3.04. The Morgan fingerprint density at radius 2 is 1.88 bits per heavy atom. The first-order chi connectivity index (χ1) is 27.4. The van der Waals surface area contributed by atoms with Gasteiger partial charge in [0.25, 0.3) is 11.8 Å². The summed E-state index contributed by atoms with van der Waals surface area (Å²) < 4.78 is 104. The smallest absolute Gasteiger partial charge is 0.407 e. The van der Waals surface area contributed by atoms with E-state index in [0.717, 1.165) is 11.1 Å². The molecule has 2 aliphatic heterocycles. The molecule has 2 aromatic rings. The monoisotopic (exact) mass is 838 g/mol. The van der Waals surface area contributed by atoms with Gasteiger partial charge in [0.15, 0.2) is 5.69 Å². The lowest BCUT2D eigenvalue weighted by Crippen LogP contribution is -2.47. The van der Waals surface area contributed by atoms with Gasteiger partial charge in [-0.25, -0.2) is 37.0 Å². The molecule has 58 heavy (non-hydrogen) atoms. The average molecular weight is 839 g/mol. The van der Waals surface area contributed by atoms with Crippen LogP contribution >= 0.6 is 0 Å². The van der Waals surface area contributed by atoms with Crippen molar-refractivity contribution in [2.24, 2.45) is 28.2 Å². The number of sulfonamides is 1. The molecule has 3 aliphatic carbocycles. The SMILES string of the molecule is CCC[C@@H]1[C@@H]2CN(C(=O)CNC(=O)O[C@@H]3C[C@H]3CCCCC(F)(F)c3nc4ccc(OC)cc4nc3O2)[C@@H]1C(=O)N=C[C@]1(C(=O)NS(=O)(=O)C2(C)CC2)C[C@H]1C(F)F. The third kappa shape index (κ3) is 8.16. The van der Waals surface area contributed by atoms with Crippen molar-refractivity contribution < 1.29 is 59.4 Å². The highest BCUT2D eigenvalue weighted by Gasteiger charge is 2.65. The lowest BCUT2D eigenvalue weighted by atomic mass is 9.92. The Kier molecular flexibility index (Phi) is 11.1. The van der Waals surface area contributed by atoms with Gasteiger partial charge in [0.2, 0.25) is 34.1 Å². The molecule has 3 heterocycles. The minimum Gasteiger partial charge on any atom is -0.497 e. The zero-order chi connectivity index (χ0) is 41.8. The van der Waals surface area contributed by atoms with Crippen molar-refractivity contribution in [3.8, 4) is 11.6 Å². The van der Waals surface area contributed by atoms with Gasteiger partial charge in [-0.05, 0) is 69.9 Å². The number of nitrogens with one attached hydrogen (secondary N) is 2. The highest BCUT2D eigenvalue weighted by molar-refractivity contribution is 7.91. The normalized spacial score (nSPS) is 30.6. The van der Waals surface area contributed by atoms with Crippen molar-refractivity contribution in [3.05, 3.63) is 23.9 Å². The third-order valence-corrected chi connectivity index (χ3v) is 14.3. The Balaban J connectivity index is 1.25. The van der Waals surface area contributed by atoms with Gasteiger partial charge in [-0.1, -0.05) is 19.8 Å². The van der Waals surface area contributed by atoms with Crippen LogP contribution in [-0.4, -0.2) is 103 Å². The maximum atomic E-state index is 16.2. The van der Waals surface area contributed by atoms with Crippen LogP contribution in [0.3, 0.4) is 0 Å². The van der Waals surface area contributed by atoms with E-state index in [2.05, 4.69) is 20.3 Å². The highest BCUT2D eigenvalue weighted by Crippen LogP contribution is 2.55. The summed E-state index contributed by atoms with van der Waals surface area (Å²) in [6.07, 6.45) is -3.22. The Labute approximate surface area is 332 Å². The van der Waals surface area contributed by atoms with Crippen LogP contribution in [0.1, 0.15) is 83.7 Å². The molecule has 5 aliphatic rings. The van der Waals surface area contributed by atoms with E-state index < -0.39 is 117 Å². The molecule has 0 spiro atoms. The number of hydrogen-bond acceptors (Lipinski definition) is 11. The number of benzene rings is 1. The second-order valence-electron chi connectivity index (χ2n) is 16.2. The van der Waals surface area contributed by atoms with Gasteiger partial charge < -0.3 is 24.4 Å². The van der Waals surface area contributed by atoms with Crippen molar-refractivity contribution in [3.63, 3.8) is 0 Å². The second-order valence-corrected chi connectivity index (χ2v) is 18.4. The number of hydrogen-bond donors (Lipinski definition) is 2. The van der Waals surface area contributed by atoms with Gasteiger partial charge in [-0.3, -0.25) is 19.1 Å². The van der Waals surface area contributed by atoms with Crippen molar-refractivity contribution in [1.82, 2.24) is 24.9 Å². The van der Waals surface area contributed by atoms with E-state index in [-0.39, 0.29) is 49.2 Å². The molecular formula is C38H46F4N6O9S. The lowest BCUT2D eigenvalue weighted by molar-refractivity contribution is -0.137. The number of fused-ring (bicyclic) bond motifs is 5. The van der Waals surface area contributed by atoms with Crippen LogP contribution in [0.25, 0.3) is 11.0 Å². The molecule has 20 heteroatoms. The summed E-state index contributed by atoms with van der Waals surface area (Å²) in [4.78, 5) is 67.9. The molecule has 4 amide bonds. The molecule has 0 unspecified atom stereocenters. The van der Waals surface area contributed by atoms with E-state index in [0.29, 0.717) is 31.4 Å². The number of ether oxygens (including phenoxy) is 3. The first kappa shape index (κ1) is 41.5. The average Bonchev–Trinajstić information content (AvgIpc) is 4.12. The topological polar surface area (TPSA) is 196 Å². The van der Waals surface area contributed by atoms with Gasteiger partial charge in [0, 0.05) is 30.5 Å². The Morgan fingerprint density at radius 1 is 1.12 bits per heavy atom. The van der Waals surface area contributed by atoms with Crippen LogP contribution < -0.4 is 19.5 Å². The second kappa shape index (κ2) is 15.5. The number of carbonyl (C=O) groups is 4. The number of methoxy groups -OCH3 is 1. The van der Waals surface area contributed by atoms with Gasteiger partial charge in [-0.2, -0.15) is 8.78 Å². The Bertz CT molecular complexity index is 2120. The summed E-state index contributed by atoms with van der Waals surface area (Å²) >= 11 is 0. The number of alkyl carbamates (subject to hydrolysis) is 1. The molecule has 4 fully saturated rings. The molecule has 2 N–H and O–H groups in total. The predicted octanol–water partition coefficient (Wildman–Crippen LogP) is 4.66. The number of nitrogens with zero attached hydrogens (tertiary/aromatic N) is 4. The maximum Gasteiger partial charge on any atom is 0.407 e. The Hall–Kier alpha value is -4.62. The van der Waals surface area contributed by atoms with Gasteiger partial charge in [0.1, 0.15) is 30.5 Å². The van der Waals surface area contributed by atoms with Crippen LogP contribution in [0.5, 0.6) is 11.6 Å². The van der Waals surface area contributed by atoms with Gasteiger partial charge in [-0.15, -0.1) is 0 Å². The minimum atomic E-state index is -4.23. The molecule has 2 bridgehead atoms. The molecule has 316 valence electrons. The fourth-order valence-electron chi connectivity index (χ4n) is 7.96. The molecule has 0 radical (unpaired) electrons. The van der Waals surface area contributed by atoms with Crippen molar-refractivity contribution >= 4 is 51.1 Å². The van der Waals surface area contributed by atoms with Crippen LogP contribution in [0.4, 0.5) is 22.4 Å². The van der Waals surface area contributed by atoms with E-state index in [4.69, 9.17) is 14.2 Å². The number of halogens is 4. The van der Waals surface area contributed by atoms with Gasteiger partial charge in [0.05, 0.1) is 34.8 Å². The number of alkyl halides is 4. The first-order valence-electron chi connectivity index (χ1n) is 19.5. The summed E-state index contributed by atoms with van der Waals surface area (Å²) in [5, 5.41) is 2.41. The predicted molar refractivity (Wildman–Crippen MR) is 198 cm³/mol. The lowest BCUT2D eigenvalue weighted by Gasteiger charge is -2.26. The van der Waals surface area contributed by atoms with E-state index in [1.54, 1.807) is 13.0 Å². The molecule has 15 nitrogen and oxygen atoms in total. The number of aliphatic imine (C=N–C) groups is 1. The molecule has 1 saturated heterocycles.